The minimum atomic E-state index is -2.80. The van der Waals surface area contributed by atoms with Gasteiger partial charge in [0, 0.05) is 18.3 Å². The van der Waals surface area contributed by atoms with E-state index >= 15 is 0 Å². The summed E-state index contributed by atoms with van der Waals surface area (Å²) in [7, 11) is 0. The third-order valence-electron chi connectivity index (χ3n) is 1.42. The van der Waals surface area contributed by atoms with Crippen LogP contribution in [0, 0.1) is 6.92 Å². The van der Waals surface area contributed by atoms with Crippen molar-refractivity contribution in [1.82, 2.24) is 9.78 Å². The van der Waals surface area contributed by atoms with Gasteiger partial charge in [0.2, 0.25) is 5.88 Å². The molecule has 3 nitrogen and oxygen atoms in total. The van der Waals surface area contributed by atoms with Gasteiger partial charge in [-0.15, -0.1) is 5.10 Å². The first-order chi connectivity index (χ1) is 6.63. The van der Waals surface area contributed by atoms with Crippen molar-refractivity contribution in [2.45, 2.75) is 40.9 Å². The summed E-state index contributed by atoms with van der Waals surface area (Å²) in [5, 5.41) is 3.78. The normalized spacial score (nSPS) is 9.64. The van der Waals surface area contributed by atoms with E-state index < -0.39 is 6.61 Å². The molecule has 0 atom stereocenters. The first kappa shape index (κ1) is 12.9. The lowest BCUT2D eigenvalue weighted by Crippen LogP contribution is -2.04. The Balaban J connectivity index is 0.000000791. The maximum Gasteiger partial charge on any atom is 0.388 e. The van der Waals surface area contributed by atoms with E-state index in [-0.39, 0.29) is 5.88 Å². The lowest BCUT2D eigenvalue weighted by molar-refractivity contribution is -0.0536. The van der Waals surface area contributed by atoms with Crippen molar-refractivity contribution >= 4 is 0 Å². The Morgan fingerprint density at radius 2 is 2.07 bits per heavy atom. The SMILES string of the molecule is CC.CCn1cc(C)c(OC(F)F)n1. The summed E-state index contributed by atoms with van der Waals surface area (Å²) < 4.78 is 29.2. The van der Waals surface area contributed by atoms with Crippen molar-refractivity contribution in [1.29, 1.82) is 0 Å². The van der Waals surface area contributed by atoms with Gasteiger partial charge in [-0.05, 0) is 13.8 Å². The Labute approximate surface area is 82.7 Å². The first-order valence-electron chi connectivity index (χ1n) is 4.62. The van der Waals surface area contributed by atoms with Crippen LogP contribution >= 0.6 is 0 Å². The van der Waals surface area contributed by atoms with Crippen LogP contribution in [0.2, 0.25) is 0 Å². The van der Waals surface area contributed by atoms with Gasteiger partial charge >= 0.3 is 6.61 Å². The van der Waals surface area contributed by atoms with Crippen LogP contribution in [0.25, 0.3) is 0 Å². The zero-order valence-electron chi connectivity index (χ0n) is 8.92. The molecule has 0 aliphatic carbocycles. The molecule has 0 aromatic carbocycles. The van der Waals surface area contributed by atoms with Gasteiger partial charge in [-0.25, -0.2) is 0 Å². The van der Waals surface area contributed by atoms with Crippen LogP contribution in [0.3, 0.4) is 0 Å². The summed E-state index contributed by atoms with van der Waals surface area (Å²) in [6.07, 6.45) is 1.66. The molecule has 0 aliphatic rings. The number of hydrogen-bond acceptors (Lipinski definition) is 2. The molecule has 1 aromatic heterocycles. The molecule has 14 heavy (non-hydrogen) atoms. The molecule has 1 rings (SSSR count). The van der Waals surface area contributed by atoms with E-state index in [1.54, 1.807) is 17.8 Å². The first-order valence-corrected chi connectivity index (χ1v) is 4.62. The molecule has 1 heterocycles. The fourth-order valence-electron chi connectivity index (χ4n) is 0.866. The number of rotatable bonds is 3. The van der Waals surface area contributed by atoms with Crippen LogP contribution in [0.4, 0.5) is 8.78 Å². The average molecular weight is 206 g/mol. The number of aromatic nitrogens is 2. The molecule has 82 valence electrons. The minimum Gasteiger partial charge on any atom is -0.415 e. The molecule has 1 aromatic rings. The Morgan fingerprint density at radius 3 is 2.43 bits per heavy atom. The standard InChI is InChI=1S/C7H10F2N2O.C2H6/c1-3-11-4-5(2)6(10-11)12-7(8)9;1-2/h4,7H,3H2,1-2H3;1-2H3. The fourth-order valence-corrected chi connectivity index (χ4v) is 0.866. The molecule has 5 heteroatoms. The molecule has 0 spiro atoms. The third kappa shape index (κ3) is 3.72. The second-order valence-electron chi connectivity index (χ2n) is 2.35. The van der Waals surface area contributed by atoms with Crippen molar-refractivity contribution in [2.75, 3.05) is 0 Å². The predicted molar refractivity (Wildman–Crippen MR) is 50.6 cm³/mol. The van der Waals surface area contributed by atoms with Crippen molar-refractivity contribution < 1.29 is 13.5 Å². The maximum absolute atomic E-state index is 11.7. The molecule has 0 bridgehead atoms. The molecule has 0 saturated carbocycles. The Bertz CT molecular complexity index is 261. The molecule has 0 radical (unpaired) electrons. The molecule has 0 amide bonds. The second-order valence-corrected chi connectivity index (χ2v) is 2.35. The monoisotopic (exact) mass is 206 g/mol. The van der Waals surface area contributed by atoms with E-state index in [0.29, 0.717) is 12.1 Å². The largest absolute Gasteiger partial charge is 0.415 e. The van der Waals surface area contributed by atoms with Gasteiger partial charge in [0.05, 0.1) is 0 Å². The highest BCUT2D eigenvalue weighted by Crippen LogP contribution is 2.16. The zero-order chi connectivity index (χ0) is 11.1. The number of aryl methyl sites for hydroxylation is 2. The van der Waals surface area contributed by atoms with Gasteiger partial charge in [0.1, 0.15) is 0 Å². The Morgan fingerprint density at radius 1 is 1.50 bits per heavy atom. The summed E-state index contributed by atoms with van der Waals surface area (Å²) in [6.45, 7) is 5.40. The minimum absolute atomic E-state index is 0.00634. The van der Waals surface area contributed by atoms with Crippen LogP contribution in [0.1, 0.15) is 26.3 Å². The van der Waals surface area contributed by atoms with Crippen molar-refractivity contribution in [3.05, 3.63) is 11.8 Å². The van der Waals surface area contributed by atoms with E-state index in [1.165, 1.54) is 0 Å². The lowest BCUT2D eigenvalue weighted by Gasteiger charge is -1.99. The highest BCUT2D eigenvalue weighted by Gasteiger charge is 2.10. The van der Waals surface area contributed by atoms with E-state index in [9.17, 15) is 8.78 Å². The topological polar surface area (TPSA) is 27.1 Å². The van der Waals surface area contributed by atoms with Gasteiger partial charge in [0.25, 0.3) is 0 Å². The quantitative estimate of drug-likeness (QED) is 0.760. The van der Waals surface area contributed by atoms with Gasteiger partial charge in [-0.1, -0.05) is 13.8 Å². The highest BCUT2D eigenvalue weighted by atomic mass is 19.3. The van der Waals surface area contributed by atoms with E-state index in [1.807, 2.05) is 20.8 Å². The predicted octanol–water partition coefficient (Wildman–Crippen LogP) is 2.84. The Hall–Kier alpha value is -1.13. The number of halogens is 2. The van der Waals surface area contributed by atoms with Gasteiger partial charge < -0.3 is 4.74 Å². The molecule has 0 fully saturated rings. The van der Waals surface area contributed by atoms with E-state index in [4.69, 9.17) is 0 Å². The maximum atomic E-state index is 11.7. The molecule has 0 aliphatic heterocycles. The third-order valence-corrected chi connectivity index (χ3v) is 1.42. The summed E-state index contributed by atoms with van der Waals surface area (Å²) in [6, 6.07) is 0. The summed E-state index contributed by atoms with van der Waals surface area (Å²) >= 11 is 0. The molecule has 0 saturated heterocycles. The van der Waals surface area contributed by atoms with E-state index in [2.05, 4.69) is 9.84 Å². The van der Waals surface area contributed by atoms with Crippen LogP contribution in [0.15, 0.2) is 6.20 Å². The molecular weight excluding hydrogens is 190 g/mol. The zero-order valence-corrected chi connectivity index (χ0v) is 8.92. The smallest absolute Gasteiger partial charge is 0.388 e. The summed E-state index contributed by atoms with van der Waals surface area (Å²) in [5.74, 6) is 0.00634. The summed E-state index contributed by atoms with van der Waals surface area (Å²) in [5.41, 5.74) is 0.622. The highest BCUT2D eigenvalue weighted by molar-refractivity contribution is 5.20. The number of alkyl halides is 2. The Kier molecular flexibility index (Phi) is 5.83. The van der Waals surface area contributed by atoms with Crippen LogP contribution in [-0.4, -0.2) is 16.4 Å². The van der Waals surface area contributed by atoms with Gasteiger partial charge in [-0.2, -0.15) is 8.78 Å². The number of ether oxygens (including phenoxy) is 1. The van der Waals surface area contributed by atoms with Crippen LogP contribution in [-0.2, 0) is 6.54 Å². The average Bonchev–Trinajstić information content (AvgIpc) is 2.50. The summed E-state index contributed by atoms with van der Waals surface area (Å²) in [4.78, 5) is 0. The van der Waals surface area contributed by atoms with E-state index in [0.717, 1.165) is 0 Å². The van der Waals surface area contributed by atoms with Crippen molar-refractivity contribution in [3.8, 4) is 5.88 Å². The van der Waals surface area contributed by atoms with Crippen LogP contribution < -0.4 is 4.74 Å². The molecule has 0 unspecified atom stereocenters. The second kappa shape index (κ2) is 6.34. The lowest BCUT2D eigenvalue weighted by atomic mass is 10.4. The fraction of sp³-hybridized carbons (Fsp3) is 0.667. The molecular formula is C9H16F2N2O. The number of nitrogens with zero attached hydrogens (tertiary/aromatic N) is 2. The van der Waals surface area contributed by atoms with Gasteiger partial charge in [-0.3, -0.25) is 4.68 Å². The van der Waals surface area contributed by atoms with Crippen LogP contribution in [0.5, 0.6) is 5.88 Å². The molecule has 0 N–H and O–H groups in total. The van der Waals surface area contributed by atoms with Crippen molar-refractivity contribution in [2.24, 2.45) is 0 Å². The number of hydrogen-bond donors (Lipinski definition) is 0. The van der Waals surface area contributed by atoms with Crippen molar-refractivity contribution in [3.63, 3.8) is 0 Å². The van der Waals surface area contributed by atoms with Gasteiger partial charge in [0.15, 0.2) is 0 Å².